The zero-order valence-electron chi connectivity index (χ0n) is 22.2. The average molecular weight is 446 g/mol. The van der Waals surface area contributed by atoms with Crippen LogP contribution in [0.1, 0.15) is 114 Å². The fourth-order valence-electron chi connectivity index (χ4n) is 2.78. The molecule has 0 fully saturated rings. The van der Waals surface area contributed by atoms with Crippen molar-refractivity contribution in [2.75, 3.05) is 0 Å². The second-order valence-electron chi connectivity index (χ2n) is 6.63. The molecule has 2 aromatic carbocycles. The second-order valence-corrected chi connectivity index (χ2v) is 6.63. The van der Waals surface area contributed by atoms with Gasteiger partial charge in [-0.1, -0.05) is 98.2 Å². The Morgan fingerprint density at radius 1 is 1.03 bits per heavy atom. The van der Waals surface area contributed by atoms with Crippen LogP contribution in [0.15, 0.2) is 24.3 Å². The highest BCUT2D eigenvalue weighted by atomic mass is 16.5. The third-order valence-corrected chi connectivity index (χ3v) is 4.46. The van der Waals surface area contributed by atoms with Gasteiger partial charge in [-0.2, -0.15) is 0 Å². The maximum absolute atomic E-state index is 12.4. The molecule has 2 aromatic rings. The van der Waals surface area contributed by atoms with Crippen molar-refractivity contribution in [2.24, 2.45) is 0 Å². The fraction of sp³-hybridized carbons (Fsp3) is 0.552. The number of ketones is 1. The molecule has 0 spiro atoms. The Morgan fingerprint density at radius 2 is 1.56 bits per heavy atom. The third-order valence-electron chi connectivity index (χ3n) is 4.46. The first-order valence-electron chi connectivity index (χ1n) is 11.9. The molecule has 0 saturated heterocycles. The predicted molar refractivity (Wildman–Crippen MR) is 140 cm³/mol. The number of rotatable bonds is 6. The lowest BCUT2D eigenvalue weighted by atomic mass is 9.73. The second kappa shape index (κ2) is 20.6. The van der Waals surface area contributed by atoms with E-state index in [0.717, 1.165) is 18.4 Å². The highest BCUT2D eigenvalue weighted by molar-refractivity contribution is 5.91. The quantitative estimate of drug-likeness (QED) is 0.456. The summed E-state index contributed by atoms with van der Waals surface area (Å²) in [5.41, 5.74) is 2.13. The Hall–Kier alpha value is -2.33. The van der Waals surface area contributed by atoms with Gasteiger partial charge in [-0.3, -0.25) is 4.79 Å². The third kappa shape index (κ3) is 11.9. The number of aliphatic hydroxyl groups excluding tert-OH is 1. The van der Waals surface area contributed by atoms with E-state index >= 15 is 0 Å². The minimum Gasteiger partial charge on any atom is -0.368 e. The van der Waals surface area contributed by atoms with E-state index in [1.807, 2.05) is 60.6 Å². The van der Waals surface area contributed by atoms with Crippen molar-refractivity contribution in [2.45, 2.75) is 107 Å². The molecule has 0 aromatic heterocycles. The Kier molecular flexibility index (Phi) is 22.0. The highest BCUT2D eigenvalue weighted by Gasteiger charge is 2.35. The Bertz CT molecular complexity index is 688. The number of carbonyl (C=O) groups is 1. The average Bonchev–Trinajstić information content (AvgIpc) is 2.82. The van der Waals surface area contributed by atoms with E-state index in [2.05, 4.69) is 56.3 Å². The molecule has 32 heavy (non-hydrogen) atoms. The molecule has 0 saturated carbocycles. The Morgan fingerprint density at radius 3 is 1.97 bits per heavy atom. The van der Waals surface area contributed by atoms with Crippen LogP contribution in [-0.2, 0) is 10.2 Å². The molecule has 0 bridgehead atoms. The maximum Gasteiger partial charge on any atom is 0.148 e. The van der Waals surface area contributed by atoms with Gasteiger partial charge in [0.1, 0.15) is 12.1 Å². The van der Waals surface area contributed by atoms with Gasteiger partial charge < -0.3 is 10.2 Å². The number of hydrogen-bond acceptors (Lipinski definition) is 3. The number of Topliss-reactive ketones (excluding diaryl/α,β-unsaturated/α-hetero) is 1. The zero-order valence-corrected chi connectivity index (χ0v) is 22.2. The molecule has 0 heterocycles. The summed E-state index contributed by atoms with van der Waals surface area (Å²) in [7, 11) is 0. The Labute approximate surface area is 201 Å². The molecule has 2 rings (SSSR count). The van der Waals surface area contributed by atoms with Crippen LogP contribution in [0.2, 0.25) is 0 Å². The first-order valence-corrected chi connectivity index (χ1v) is 11.9. The van der Waals surface area contributed by atoms with Gasteiger partial charge in [-0.05, 0) is 56.4 Å². The molecule has 1 radical (unpaired) electrons. The van der Waals surface area contributed by atoms with Crippen molar-refractivity contribution >= 4 is 5.78 Å². The van der Waals surface area contributed by atoms with E-state index in [1.54, 1.807) is 6.92 Å². The monoisotopic (exact) mass is 445 g/mol. The van der Waals surface area contributed by atoms with Crippen LogP contribution in [0, 0.1) is 30.3 Å². The summed E-state index contributed by atoms with van der Waals surface area (Å²) < 4.78 is 0. The van der Waals surface area contributed by atoms with Gasteiger partial charge in [-0.25, -0.2) is 0 Å². The highest BCUT2D eigenvalue weighted by Crippen LogP contribution is 2.33. The van der Waals surface area contributed by atoms with Crippen molar-refractivity contribution in [3.63, 3.8) is 0 Å². The van der Waals surface area contributed by atoms with Crippen LogP contribution < -0.4 is 0 Å². The van der Waals surface area contributed by atoms with E-state index < -0.39 is 11.7 Å². The standard InChI is InChI=1S/C21H21O.C2H6O2.3C2H6.2H2/c1-5-10-16(2)18-11-9-14-20(15-18)21(4,17(3)22)19-12-7-6-8-13-19;1-2(3)4;3*1-2;;/h9,11,14-16H,5,10H2,1-4H3;2-4H,1H3;3*1-2H3;2*1H. The van der Waals surface area contributed by atoms with Gasteiger partial charge in [0, 0.05) is 8.42 Å². The van der Waals surface area contributed by atoms with Gasteiger partial charge in [0.25, 0.3) is 0 Å². The van der Waals surface area contributed by atoms with Gasteiger partial charge in [0.05, 0.1) is 11.5 Å². The summed E-state index contributed by atoms with van der Waals surface area (Å²) in [4.78, 5) is 12.4. The normalized spacial score (nSPS) is 11.6. The minimum atomic E-state index is -1.17. The van der Waals surface area contributed by atoms with Gasteiger partial charge in [0.15, 0.2) is 0 Å². The lowest BCUT2D eigenvalue weighted by molar-refractivity contribution is -0.120. The van der Waals surface area contributed by atoms with Crippen LogP contribution in [0.4, 0.5) is 0 Å². The summed E-state index contributed by atoms with van der Waals surface area (Å²) >= 11 is 0. The molecule has 183 valence electrons. The van der Waals surface area contributed by atoms with Crippen molar-refractivity contribution < 1.29 is 17.9 Å². The van der Waals surface area contributed by atoms with Crippen LogP contribution in [0.5, 0.6) is 0 Å². The van der Waals surface area contributed by atoms with Crippen LogP contribution in [-0.4, -0.2) is 22.3 Å². The number of hydrogen-bond donors (Lipinski definition) is 2. The molecule has 2 N–H and O–H groups in total. The van der Waals surface area contributed by atoms with Crippen molar-refractivity contribution in [3.8, 4) is 0 Å². The lowest BCUT2D eigenvalue weighted by Gasteiger charge is -2.27. The fourth-order valence-corrected chi connectivity index (χ4v) is 2.78. The smallest absolute Gasteiger partial charge is 0.148 e. The molecular weight excluding hydrogens is 396 g/mol. The largest absolute Gasteiger partial charge is 0.368 e. The van der Waals surface area contributed by atoms with E-state index in [4.69, 9.17) is 10.2 Å². The number of carbonyl (C=O) groups excluding carboxylic acids is 1. The van der Waals surface area contributed by atoms with Gasteiger partial charge in [-0.15, -0.1) is 0 Å². The number of benzene rings is 1. The minimum absolute atomic E-state index is 0. The van der Waals surface area contributed by atoms with Crippen LogP contribution in [0.3, 0.4) is 0 Å². The molecule has 0 amide bonds. The summed E-state index contributed by atoms with van der Waals surface area (Å²) in [5, 5.41) is 15.2. The molecule has 2 atom stereocenters. The summed E-state index contributed by atoms with van der Waals surface area (Å²) in [6, 6.07) is 22.4. The lowest BCUT2D eigenvalue weighted by Crippen LogP contribution is -2.32. The topological polar surface area (TPSA) is 57.5 Å². The number of aliphatic hydroxyl groups is 2. The molecule has 3 heteroatoms. The van der Waals surface area contributed by atoms with E-state index in [-0.39, 0.29) is 8.64 Å². The van der Waals surface area contributed by atoms with Crippen molar-refractivity contribution in [1.82, 2.24) is 0 Å². The summed E-state index contributed by atoms with van der Waals surface area (Å²) in [6.07, 6.45) is 1.12. The molecule has 0 aliphatic carbocycles. The first-order chi connectivity index (χ1) is 15.2. The molecule has 2 unspecified atom stereocenters. The molecule has 3 nitrogen and oxygen atoms in total. The first kappa shape index (κ1) is 34.3. The summed E-state index contributed by atoms with van der Waals surface area (Å²) in [6.45, 7) is 21.2. The molecule has 0 aliphatic rings. The van der Waals surface area contributed by atoms with E-state index in [9.17, 15) is 4.79 Å². The Balaban J connectivity index is -0.000000204. The molecule has 0 aliphatic heterocycles. The predicted octanol–water partition coefficient (Wildman–Crippen LogP) is 7.37. The zero-order chi connectivity index (χ0) is 25.7. The van der Waals surface area contributed by atoms with Gasteiger partial charge >= 0.3 is 0 Å². The maximum atomic E-state index is 12.4. The van der Waals surface area contributed by atoms with E-state index in [1.165, 1.54) is 12.5 Å². The van der Waals surface area contributed by atoms with Crippen LogP contribution in [0.25, 0.3) is 0 Å². The summed E-state index contributed by atoms with van der Waals surface area (Å²) in [5.74, 6) is 0.546. The SMILES string of the molecule is CC.CC.CC.CC(O)O.CCCC(C)c1cccc(C(C)(C(C)=O)c2[c]c#cc#c2)c1.[HH].[HH]. The van der Waals surface area contributed by atoms with Crippen molar-refractivity contribution in [1.29, 1.82) is 0 Å². The molecular formula is C29H49O3. The van der Waals surface area contributed by atoms with Gasteiger partial charge in [0.2, 0.25) is 0 Å². The van der Waals surface area contributed by atoms with E-state index in [0.29, 0.717) is 11.5 Å². The van der Waals surface area contributed by atoms with Crippen LogP contribution >= 0.6 is 0 Å². The van der Waals surface area contributed by atoms with Crippen molar-refractivity contribution in [3.05, 3.63) is 71.3 Å².